The molecular weight excluding hydrogens is 254 g/mol. The van der Waals surface area contributed by atoms with E-state index in [0.29, 0.717) is 0 Å². The van der Waals surface area contributed by atoms with Gasteiger partial charge in [0, 0.05) is 0 Å². The Morgan fingerprint density at radius 1 is 1.05 bits per heavy atom. The van der Waals surface area contributed by atoms with Gasteiger partial charge in [-0.15, -0.1) is 0 Å². The normalized spacial score (nSPS) is 11.1. The third-order valence-corrected chi connectivity index (χ3v) is 2.81. The molecule has 0 amide bonds. The van der Waals surface area contributed by atoms with Crippen LogP contribution in [0.3, 0.4) is 0 Å². The molecule has 2 aromatic carbocycles. The monoisotopic (exact) mass is 269 g/mol. The van der Waals surface area contributed by atoms with Crippen molar-refractivity contribution in [2.24, 2.45) is 10.8 Å². The van der Waals surface area contributed by atoms with Crippen LogP contribution < -0.4 is 11.2 Å². The van der Waals surface area contributed by atoms with Crippen molar-refractivity contribution < 1.29 is 0 Å². The molecule has 0 aliphatic rings. The number of nitrogens with two attached hydrogens (primary N) is 1. The number of nitrogens with zero attached hydrogens (tertiary/aromatic N) is 1. The summed E-state index contributed by atoms with van der Waals surface area (Å²) >= 11 is 4.73. The zero-order valence-electron chi connectivity index (χ0n) is 10.6. The summed E-state index contributed by atoms with van der Waals surface area (Å²) in [6.07, 6.45) is 0. The predicted octanol–water partition coefficient (Wildman–Crippen LogP) is 2.91. The van der Waals surface area contributed by atoms with Gasteiger partial charge in [0.1, 0.15) is 0 Å². The summed E-state index contributed by atoms with van der Waals surface area (Å²) in [5.74, 6) is 0. The highest BCUT2D eigenvalue weighted by Gasteiger charge is 2.01. The summed E-state index contributed by atoms with van der Waals surface area (Å²) in [6.45, 7) is 1.91. The summed E-state index contributed by atoms with van der Waals surface area (Å²) in [5, 5.41) is 4.29. The Hall–Kier alpha value is -2.20. The largest absolute Gasteiger partial charge is 0.375 e. The number of rotatable bonds is 3. The van der Waals surface area contributed by atoms with Gasteiger partial charge < -0.3 is 5.73 Å². The minimum atomic E-state index is 0.165. The van der Waals surface area contributed by atoms with Crippen LogP contribution in [-0.4, -0.2) is 10.8 Å². The van der Waals surface area contributed by atoms with Crippen LogP contribution in [0.25, 0.3) is 11.1 Å². The molecular formula is C15H15N3S. The Labute approximate surface area is 118 Å². The first-order valence-electron chi connectivity index (χ1n) is 5.92. The molecule has 0 unspecified atom stereocenters. The smallest absolute Gasteiger partial charge is 0.184 e. The second-order valence-electron chi connectivity index (χ2n) is 4.12. The third-order valence-electron chi connectivity index (χ3n) is 2.72. The standard InChI is InChI=1S/C15H15N3S/c1-11(17-18-15(16)19)13-8-5-9-14(10-13)12-6-3-2-4-7-12/h2-10H,1H3,(H3,16,18,19)/b17-11-. The van der Waals surface area contributed by atoms with Crippen LogP contribution >= 0.6 is 12.2 Å². The zero-order valence-corrected chi connectivity index (χ0v) is 11.4. The van der Waals surface area contributed by atoms with Gasteiger partial charge in [-0.1, -0.05) is 48.5 Å². The van der Waals surface area contributed by atoms with Crippen LogP contribution in [0.5, 0.6) is 0 Å². The number of hydrazone groups is 1. The zero-order chi connectivity index (χ0) is 13.7. The average molecular weight is 269 g/mol. The Morgan fingerprint density at radius 3 is 2.42 bits per heavy atom. The van der Waals surface area contributed by atoms with E-state index >= 15 is 0 Å². The molecule has 0 bridgehead atoms. The molecule has 0 saturated carbocycles. The molecule has 0 aromatic heterocycles. The highest BCUT2D eigenvalue weighted by molar-refractivity contribution is 7.80. The van der Waals surface area contributed by atoms with E-state index in [1.54, 1.807) is 0 Å². The summed E-state index contributed by atoms with van der Waals surface area (Å²) in [7, 11) is 0. The summed E-state index contributed by atoms with van der Waals surface area (Å²) in [4.78, 5) is 0. The molecule has 2 rings (SSSR count). The molecule has 0 aliphatic carbocycles. The van der Waals surface area contributed by atoms with Gasteiger partial charge in [0.15, 0.2) is 5.11 Å². The lowest BCUT2D eigenvalue weighted by atomic mass is 10.0. The molecule has 0 saturated heterocycles. The maximum atomic E-state index is 5.35. The van der Waals surface area contributed by atoms with E-state index in [1.165, 1.54) is 5.56 Å². The number of nitrogens with one attached hydrogen (secondary N) is 1. The van der Waals surface area contributed by atoms with Crippen LogP contribution in [0.2, 0.25) is 0 Å². The van der Waals surface area contributed by atoms with Crippen molar-refractivity contribution in [1.29, 1.82) is 0 Å². The minimum Gasteiger partial charge on any atom is -0.375 e. The summed E-state index contributed by atoms with van der Waals surface area (Å²) in [5.41, 5.74) is 12.2. The van der Waals surface area contributed by atoms with E-state index in [-0.39, 0.29) is 5.11 Å². The fraction of sp³-hybridized carbons (Fsp3) is 0.0667. The van der Waals surface area contributed by atoms with Crippen LogP contribution in [0.1, 0.15) is 12.5 Å². The maximum Gasteiger partial charge on any atom is 0.184 e. The number of hydrogen-bond donors (Lipinski definition) is 2. The molecule has 19 heavy (non-hydrogen) atoms. The van der Waals surface area contributed by atoms with Gasteiger partial charge in [-0.25, -0.2) is 0 Å². The second-order valence-corrected chi connectivity index (χ2v) is 4.56. The van der Waals surface area contributed by atoms with Gasteiger partial charge in [0.25, 0.3) is 0 Å². The molecule has 3 N–H and O–H groups in total. The lowest BCUT2D eigenvalue weighted by molar-refractivity contribution is 1.03. The average Bonchev–Trinajstić information content (AvgIpc) is 2.46. The second kappa shape index (κ2) is 6.11. The fourth-order valence-corrected chi connectivity index (χ4v) is 1.80. The van der Waals surface area contributed by atoms with Crippen molar-refractivity contribution in [3.8, 4) is 11.1 Å². The lowest BCUT2D eigenvalue weighted by Crippen LogP contribution is -2.25. The SMILES string of the molecule is C/C(=N/NC(N)=S)c1cccc(-c2ccccc2)c1. The Bertz CT molecular complexity index is 606. The van der Waals surface area contributed by atoms with E-state index in [9.17, 15) is 0 Å². The molecule has 3 nitrogen and oxygen atoms in total. The van der Waals surface area contributed by atoms with E-state index in [4.69, 9.17) is 18.0 Å². The van der Waals surface area contributed by atoms with Gasteiger partial charge in [-0.2, -0.15) is 5.10 Å². The van der Waals surface area contributed by atoms with Gasteiger partial charge in [0.2, 0.25) is 0 Å². The number of benzene rings is 2. The van der Waals surface area contributed by atoms with Crippen molar-refractivity contribution in [2.45, 2.75) is 6.92 Å². The van der Waals surface area contributed by atoms with Gasteiger partial charge in [0.05, 0.1) is 5.71 Å². The number of hydrogen-bond acceptors (Lipinski definition) is 2. The minimum absolute atomic E-state index is 0.165. The molecule has 0 heterocycles. The fourth-order valence-electron chi connectivity index (χ4n) is 1.76. The van der Waals surface area contributed by atoms with Crippen molar-refractivity contribution in [3.05, 3.63) is 60.2 Å². The molecule has 2 aromatic rings. The summed E-state index contributed by atoms with van der Waals surface area (Å²) < 4.78 is 0. The van der Waals surface area contributed by atoms with Gasteiger partial charge >= 0.3 is 0 Å². The molecule has 0 radical (unpaired) electrons. The van der Waals surface area contributed by atoms with Crippen LogP contribution in [0.4, 0.5) is 0 Å². The quantitative estimate of drug-likeness (QED) is 0.512. The predicted molar refractivity (Wildman–Crippen MR) is 84.0 cm³/mol. The lowest BCUT2D eigenvalue weighted by Gasteiger charge is -2.06. The van der Waals surface area contributed by atoms with Crippen molar-refractivity contribution in [2.75, 3.05) is 0 Å². The maximum absolute atomic E-state index is 5.35. The molecule has 0 aliphatic heterocycles. The molecule has 4 heteroatoms. The Balaban J connectivity index is 2.30. The molecule has 0 atom stereocenters. The van der Waals surface area contributed by atoms with Crippen molar-refractivity contribution >= 4 is 23.0 Å². The van der Waals surface area contributed by atoms with E-state index in [1.807, 2.05) is 37.3 Å². The first-order valence-corrected chi connectivity index (χ1v) is 6.33. The van der Waals surface area contributed by atoms with Crippen molar-refractivity contribution in [3.63, 3.8) is 0 Å². The molecule has 0 fully saturated rings. The van der Waals surface area contributed by atoms with Gasteiger partial charge in [-0.3, -0.25) is 5.43 Å². The van der Waals surface area contributed by atoms with Crippen LogP contribution in [0.15, 0.2) is 59.7 Å². The van der Waals surface area contributed by atoms with E-state index in [2.05, 4.69) is 34.8 Å². The van der Waals surface area contributed by atoms with E-state index in [0.717, 1.165) is 16.8 Å². The topological polar surface area (TPSA) is 50.4 Å². The van der Waals surface area contributed by atoms with E-state index < -0.39 is 0 Å². The van der Waals surface area contributed by atoms with Crippen LogP contribution in [0, 0.1) is 0 Å². The highest BCUT2D eigenvalue weighted by Crippen LogP contribution is 2.20. The first-order chi connectivity index (χ1) is 9.16. The van der Waals surface area contributed by atoms with Gasteiger partial charge in [-0.05, 0) is 41.9 Å². The van der Waals surface area contributed by atoms with Crippen molar-refractivity contribution in [1.82, 2.24) is 5.43 Å². The summed E-state index contributed by atoms with van der Waals surface area (Å²) in [6, 6.07) is 18.4. The Kier molecular flexibility index (Phi) is 4.26. The number of thiocarbonyl (C=S) groups is 1. The van der Waals surface area contributed by atoms with Crippen LogP contribution in [-0.2, 0) is 0 Å². The Morgan fingerprint density at radius 2 is 1.74 bits per heavy atom. The highest BCUT2D eigenvalue weighted by atomic mass is 32.1. The first kappa shape index (κ1) is 13.2. The third kappa shape index (κ3) is 3.63. The molecule has 0 spiro atoms. The molecule has 96 valence electrons.